The van der Waals surface area contributed by atoms with Crippen molar-refractivity contribution in [1.29, 1.82) is 0 Å². The summed E-state index contributed by atoms with van der Waals surface area (Å²) in [6.45, 7) is 0.697. The fourth-order valence-corrected chi connectivity index (χ4v) is 7.08. The van der Waals surface area contributed by atoms with Gasteiger partial charge in [-0.2, -0.15) is 0 Å². The normalized spacial score (nSPS) is 19.6. The Morgan fingerprint density at radius 2 is 1.70 bits per heavy atom. The third-order valence-electron chi connectivity index (χ3n) is 4.83. The molecule has 1 aromatic carbocycles. The van der Waals surface area contributed by atoms with E-state index >= 15 is 0 Å². The van der Waals surface area contributed by atoms with E-state index in [1.807, 2.05) is 59.3 Å². The first-order valence-electron chi connectivity index (χ1n) is 8.73. The van der Waals surface area contributed by atoms with E-state index in [0.717, 1.165) is 15.3 Å². The lowest BCUT2D eigenvalue weighted by atomic mass is 10.1. The van der Waals surface area contributed by atoms with E-state index in [4.69, 9.17) is 0 Å². The summed E-state index contributed by atoms with van der Waals surface area (Å²) in [5.74, 6) is -0.0936. The minimum absolute atomic E-state index is 0.00852. The van der Waals surface area contributed by atoms with Gasteiger partial charge in [0, 0.05) is 28.4 Å². The molecule has 140 valence electrons. The van der Waals surface area contributed by atoms with Crippen LogP contribution in [0, 0.1) is 0 Å². The van der Waals surface area contributed by atoms with Crippen molar-refractivity contribution in [3.8, 4) is 10.4 Å². The number of hydrogen-bond donors (Lipinski definition) is 0. The summed E-state index contributed by atoms with van der Waals surface area (Å²) in [5.41, 5.74) is 1.68. The summed E-state index contributed by atoms with van der Waals surface area (Å²) in [6.07, 6.45) is 0.446. The zero-order chi connectivity index (χ0) is 18.9. The van der Waals surface area contributed by atoms with Crippen LogP contribution in [-0.2, 0) is 9.84 Å². The fourth-order valence-electron chi connectivity index (χ4n) is 3.34. The number of thiophene rings is 2. The van der Waals surface area contributed by atoms with Crippen molar-refractivity contribution in [2.75, 3.05) is 18.8 Å². The van der Waals surface area contributed by atoms with Crippen LogP contribution < -0.4 is 0 Å². The fraction of sp³-hybridized carbons (Fsp3) is 0.250. The lowest BCUT2D eigenvalue weighted by Crippen LogP contribution is -2.33. The number of hydrogen-bond acceptors (Lipinski definition) is 5. The van der Waals surface area contributed by atoms with E-state index in [-0.39, 0.29) is 18.2 Å². The predicted octanol–water partition coefficient (Wildman–Crippen LogP) is 4.48. The van der Waals surface area contributed by atoms with Gasteiger partial charge in [0.25, 0.3) is 5.91 Å². The van der Waals surface area contributed by atoms with Gasteiger partial charge in [-0.25, -0.2) is 8.42 Å². The Hall–Kier alpha value is -1.96. The molecule has 1 aliphatic rings. The largest absolute Gasteiger partial charge is 0.338 e. The highest BCUT2D eigenvalue weighted by Crippen LogP contribution is 2.33. The standard InChI is InChI=1S/C20H19NO3S3/c22-20(16-7-5-15(6-8-16)17-3-1-12-25-17)21-10-9-19(18-4-2-13-26-18)27(23,24)14-11-21/h1-8,12-13,19H,9-11,14H2/t19-/m1/s1. The molecule has 0 bridgehead atoms. The van der Waals surface area contributed by atoms with Crippen LogP contribution in [0.3, 0.4) is 0 Å². The molecule has 0 unspecified atom stereocenters. The Morgan fingerprint density at radius 3 is 2.37 bits per heavy atom. The zero-order valence-corrected chi connectivity index (χ0v) is 17.0. The number of amides is 1. The van der Waals surface area contributed by atoms with Gasteiger partial charge in [0.05, 0.1) is 11.0 Å². The van der Waals surface area contributed by atoms with Crippen LogP contribution in [0.5, 0.6) is 0 Å². The quantitative estimate of drug-likeness (QED) is 0.631. The molecule has 0 aliphatic carbocycles. The molecule has 3 heterocycles. The third kappa shape index (κ3) is 3.85. The molecule has 1 atom stereocenters. The van der Waals surface area contributed by atoms with Crippen molar-refractivity contribution in [3.63, 3.8) is 0 Å². The molecular weight excluding hydrogens is 398 g/mol. The van der Waals surface area contributed by atoms with Crippen molar-refractivity contribution in [2.24, 2.45) is 0 Å². The van der Waals surface area contributed by atoms with Crippen molar-refractivity contribution < 1.29 is 13.2 Å². The first-order chi connectivity index (χ1) is 13.0. The minimum atomic E-state index is -3.25. The van der Waals surface area contributed by atoms with E-state index in [1.165, 1.54) is 11.3 Å². The van der Waals surface area contributed by atoms with Gasteiger partial charge >= 0.3 is 0 Å². The maximum atomic E-state index is 12.9. The van der Waals surface area contributed by atoms with Gasteiger partial charge in [-0.15, -0.1) is 22.7 Å². The number of rotatable bonds is 3. The molecule has 7 heteroatoms. The van der Waals surface area contributed by atoms with E-state index in [9.17, 15) is 13.2 Å². The lowest BCUT2D eigenvalue weighted by molar-refractivity contribution is 0.0766. The molecule has 4 nitrogen and oxygen atoms in total. The number of sulfone groups is 1. The van der Waals surface area contributed by atoms with Gasteiger partial charge in [-0.1, -0.05) is 24.3 Å². The molecule has 1 amide bonds. The van der Waals surface area contributed by atoms with Gasteiger partial charge in [0.1, 0.15) is 0 Å². The van der Waals surface area contributed by atoms with Crippen molar-refractivity contribution in [1.82, 2.24) is 4.90 Å². The Kier molecular flexibility index (Phi) is 5.16. The first-order valence-corrected chi connectivity index (χ1v) is 12.2. The molecule has 1 fully saturated rings. The molecule has 27 heavy (non-hydrogen) atoms. The molecule has 4 rings (SSSR count). The Labute approximate surface area is 167 Å². The topological polar surface area (TPSA) is 54.5 Å². The van der Waals surface area contributed by atoms with Crippen molar-refractivity contribution in [2.45, 2.75) is 11.7 Å². The predicted molar refractivity (Wildman–Crippen MR) is 111 cm³/mol. The molecule has 1 saturated heterocycles. The molecular formula is C20H19NO3S3. The maximum Gasteiger partial charge on any atom is 0.253 e. The second-order valence-corrected chi connectivity index (χ2v) is 10.7. The molecule has 0 spiro atoms. The van der Waals surface area contributed by atoms with Gasteiger partial charge in [-0.05, 0) is 47.0 Å². The van der Waals surface area contributed by atoms with Crippen molar-refractivity contribution >= 4 is 38.4 Å². The van der Waals surface area contributed by atoms with Crippen LogP contribution in [0.25, 0.3) is 10.4 Å². The summed E-state index contributed by atoms with van der Waals surface area (Å²) in [7, 11) is -3.25. The van der Waals surface area contributed by atoms with Gasteiger partial charge in [0.15, 0.2) is 9.84 Å². The summed E-state index contributed by atoms with van der Waals surface area (Å²) in [4.78, 5) is 16.6. The second kappa shape index (κ2) is 7.58. The zero-order valence-electron chi connectivity index (χ0n) is 14.6. The first kappa shape index (κ1) is 18.4. The van der Waals surface area contributed by atoms with Crippen molar-refractivity contribution in [3.05, 3.63) is 69.7 Å². The van der Waals surface area contributed by atoms with Gasteiger partial charge in [0.2, 0.25) is 0 Å². The Bertz CT molecular complexity index is 1010. The highest BCUT2D eigenvalue weighted by atomic mass is 32.2. The Morgan fingerprint density at radius 1 is 0.963 bits per heavy atom. The number of carbonyl (C=O) groups is 1. The van der Waals surface area contributed by atoms with Gasteiger partial charge in [-0.3, -0.25) is 4.79 Å². The van der Waals surface area contributed by atoms with E-state index in [1.54, 1.807) is 16.2 Å². The number of benzene rings is 1. The molecule has 0 radical (unpaired) electrons. The van der Waals surface area contributed by atoms with Crippen LogP contribution in [0.4, 0.5) is 0 Å². The highest BCUT2D eigenvalue weighted by molar-refractivity contribution is 7.91. The second-order valence-electron chi connectivity index (χ2n) is 6.51. The summed E-state index contributed by atoms with van der Waals surface area (Å²) >= 11 is 3.12. The molecule has 2 aromatic heterocycles. The van der Waals surface area contributed by atoms with Crippen LogP contribution in [0.15, 0.2) is 59.3 Å². The van der Waals surface area contributed by atoms with Crippen LogP contribution in [-0.4, -0.2) is 38.1 Å². The van der Waals surface area contributed by atoms with E-state index in [2.05, 4.69) is 0 Å². The summed E-state index contributed by atoms with van der Waals surface area (Å²) in [5, 5.41) is 3.42. The Balaban J connectivity index is 1.51. The van der Waals surface area contributed by atoms with E-state index in [0.29, 0.717) is 18.5 Å². The minimum Gasteiger partial charge on any atom is -0.338 e. The SMILES string of the molecule is O=C(c1ccc(-c2cccs2)cc1)N1CC[C@H](c2cccs2)S(=O)(=O)CC1. The molecule has 3 aromatic rings. The van der Waals surface area contributed by atoms with Gasteiger partial charge < -0.3 is 4.90 Å². The van der Waals surface area contributed by atoms with E-state index < -0.39 is 15.1 Å². The third-order valence-corrected chi connectivity index (χ3v) is 8.99. The summed E-state index contributed by atoms with van der Waals surface area (Å²) < 4.78 is 25.3. The van der Waals surface area contributed by atoms with Crippen LogP contribution in [0.2, 0.25) is 0 Å². The molecule has 1 aliphatic heterocycles. The van der Waals surface area contributed by atoms with Crippen LogP contribution >= 0.6 is 22.7 Å². The summed E-state index contributed by atoms with van der Waals surface area (Å²) in [6, 6.07) is 15.3. The van der Waals surface area contributed by atoms with Crippen LogP contribution in [0.1, 0.15) is 26.9 Å². The number of carbonyl (C=O) groups excluding carboxylic acids is 1. The maximum absolute atomic E-state index is 12.9. The molecule has 0 saturated carbocycles. The highest BCUT2D eigenvalue weighted by Gasteiger charge is 2.33. The smallest absolute Gasteiger partial charge is 0.253 e. The number of nitrogens with zero attached hydrogens (tertiary/aromatic N) is 1. The average Bonchev–Trinajstić information content (AvgIpc) is 3.36. The lowest BCUT2D eigenvalue weighted by Gasteiger charge is -2.20. The molecule has 0 N–H and O–H groups in total. The monoisotopic (exact) mass is 417 g/mol. The average molecular weight is 418 g/mol.